The van der Waals surface area contributed by atoms with Crippen molar-refractivity contribution in [2.45, 2.75) is 26.5 Å². The number of aromatic nitrogens is 1. The van der Waals surface area contributed by atoms with Gasteiger partial charge >= 0.3 is 5.97 Å². The number of allylic oxidation sites excluding steroid dienone is 1. The van der Waals surface area contributed by atoms with Crippen LogP contribution in [-0.2, 0) is 16.1 Å². The van der Waals surface area contributed by atoms with Gasteiger partial charge < -0.3 is 18.9 Å². The fourth-order valence-corrected chi connectivity index (χ4v) is 5.75. The van der Waals surface area contributed by atoms with Gasteiger partial charge in [0, 0.05) is 0 Å². The topological polar surface area (TPSA) is 88.4 Å². The Morgan fingerprint density at radius 2 is 1.83 bits per heavy atom. The molecule has 0 saturated heterocycles. The van der Waals surface area contributed by atoms with Gasteiger partial charge in [-0.3, -0.25) is 9.36 Å². The van der Waals surface area contributed by atoms with Gasteiger partial charge in [-0.2, -0.15) is 0 Å². The number of thiazole rings is 1. The van der Waals surface area contributed by atoms with E-state index in [2.05, 4.69) is 4.99 Å². The van der Waals surface area contributed by atoms with Crippen LogP contribution in [0.2, 0.25) is 0 Å². The summed E-state index contributed by atoms with van der Waals surface area (Å²) in [4.78, 5) is 32.1. The summed E-state index contributed by atoms with van der Waals surface area (Å²) in [5.74, 6) is 0.748. The van der Waals surface area contributed by atoms with E-state index in [-0.39, 0.29) is 24.6 Å². The molecule has 1 aliphatic heterocycles. The van der Waals surface area contributed by atoms with Crippen LogP contribution in [0, 0.1) is 5.82 Å². The molecule has 0 fully saturated rings. The first kappa shape index (κ1) is 28.8. The van der Waals surface area contributed by atoms with E-state index in [1.165, 1.54) is 35.1 Å². The largest absolute Gasteiger partial charge is 0.497 e. The monoisotopic (exact) mass is 588 g/mol. The molecule has 42 heavy (non-hydrogen) atoms. The summed E-state index contributed by atoms with van der Waals surface area (Å²) in [5.41, 5.74) is 2.71. The number of fused-ring (bicyclic) bond motifs is 1. The Balaban J connectivity index is 1.55. The molecule has 0 amide bonds. The van der Waals surface area contributed by atoms with E-state index >= 15 is 0 Å². The minimum absolute atomic E-state index is 0.191. The van der Waals surface area contributed by atoms with Crippen molar-refractivity contribution in [2.24, 2.45) is 4.99 Å². The van der Waals surface area contributed by atoms with Crippen LogP contribution in [0.3, 0.4) is 0 Å². The molecule has 3 aromatic carbocycles. The van der Waals surface area contributed by atoms with Crippen LogP contribution in [0.15, 0.2) is 87.8 Å². The van der Waals surface area contributed by atoms with Crippen molar-refractivity contribution in [1.82, 2.24) is 4.57 Å². The van der Waals surface area contributed by atoms with E-state index in [1.54, 1.807) is 63.4 Å². The number of nitrogens with zero attached hydrogens (tertiary/aromatic N) is 2. The predicted molar refractivity (Wildman–Crippen MR) is 157 cm³/mol. The third-order valence-corrected chi connectivity index (χ3v) is 7.70. The predicted octanol–water partition coefficient (Wildman–Crippen LogP) is 4.53. The molecule has 0 N–H and O–H groups in total. The normalized spacial score (nSPS) is 14.7. The number of esters is 1. The number of methoxy groups -OCH3 is 2. The van der Waals surface area contributed by atoms with Gasteiger partial charge in [0.05, 0.1) is 42.7 Å². The molecule has 5 rings (SSSR count). The number of ether oxygens (including phenoxy) is 4. The lowest BCUT2D eigenvalue weighted by molar-refractivity contribution is -0.139. The average molecular weight is 589 g/mol. The highest BCUT2D eigenvalue weighted by atomic mass is 32.1. The van der Waals surface area contributed by atoms with Crippen LogP contribution in [-0.4, -0.2) is 31.4 Å². The lowest BCUT2D eigenvalue weighted by atomic mass is 9.95. The van der Waals surface area contributed by atoms with Crippen molar-refractivity contribution in [1.29, 1.82) is 0 Å². The van der Waals surface area contributed by atoms with Crippen molar-refractivity contribution in [3.05, 3.63) is 120 Å². The Hall–Kier alpha value is -4.70. The second-order valence-corrected chi connectivity index (χ2v) is 10.4. The van der Waals surface area contributed by atoms with Crippen LogP contribution in [0.1, 0.15) is 36.6 Å². The average Bonchev–Trinajstić information content (AvgIpc) is 3.30. The second kappa shape index (κ2) is 12.4. The standard InChI is InChI=1S/C32H29FN2O6S/c1-5-40-31(37)28-19(2)34-32-35(29(28)22-7-6-8-24(17-22)38-3)30(36)27(42-32)16-21-11-14-25(26(15-21)39-4)41-18-20-9-12-23(33)13-10-20/h6-17,29H,5,18H2,1-4H3/b27-16-/t29-/m1/s1. The number of rotatable bonds is 9. The zero-order valence-corrected chi connectivity index (χ0v) is 24.4. The molecule has 8 nitrogen and oxygen atoms in total. The number of halogens is 1. The number of hydrogen-bond acceptors (Lipinski definition) is 8. The molecule has 0 spiro atoms. The van der Waals surface area contributed by atoms with E-state index in [4.69, 9.17) is 18.9 Å². The first-order valence-corrected chi connectivity index (χ1v) is 14.0. The van der Waals surface area contributed by atoms with Crippen molar-refractivity contribution < 1.29 is 28.1 Å². The molecule has 4 aromatic rings. The lowest BCUT2D eigenvalue weighted by Gasteiger charge is -2.25. The van der Waals surface area contributed by atoms with Crippen LogP contribution < -0.4 is 29.1 Å². The van der Waals surface area contributed by atoms with Gasteiger partial charge in [-0.1, -0.05) is 41.7 Å². The Morgan fingerprint density at radius 1 is 1.05 bits per heavy atom. The maximum atomic E-state index is 13.9. The highest BCUT2D eigenvalue weighted by Crippen LogP contribution is 2.33. The molecule has 0 bridgehead atoms. The second-order valence-electron chi connectivity index (χ2n) is 9.40. The van der Waals surface area contributed by atoms with Gasteiger partial charge in [0.2, 0.25) is 0 Å². The molecule has 0 aliphatic carbocycles. The highest BCUT2D eigenvalue weighted by molar-refractivity contribution is 7.07. The molecule has 0 saturated carbocycles. The summed E-state index contributed by atoms with van der Waals surface area (Å²) < 4.78 is 37.4. The van der Waals surface area contributed by atoms with Gasteiger partial charge in [-0.15, -0.1) is 0 Å². The van der Waals surface area contributed by atoms with E-state index in [1.807, 2.05) is 18.2 Å². The Kier molecular flexibility index (Phi) is 8.53. The summed E-state index contributed by atoms with van der Waals surface area (Å²) in [6, 6.07) is 17.9. The fraction of sp³-hybridized carbons (Fsp3) is 0.219. The first-order valence-electron chi connectivity index (χ1n) is 13.2. The van der Waals surface area contributed by atoms with Gasteiger partial charge in [-0.25, -0.2) is 14.2 Å². The summed E-state index contributed by atoms with van der Waals surface area (Å²) >= 11 is 1.23. The third kappa shape index (κ3) is 5.84. The number of carbonyl (C=O) groups is 1. The van der Waals surface area contributed by atoms with Crippen LogP contribution in [0.4, 0.5) is 4.39 Å². The van der Waals surface area contributed by atoms with Crippen LogP contribution in [0.5, 0.6) is 17.2 Å². The fourth-order valence-electron chi connectivity index (χ4n) is 4.70. The lowest BCUT2D eigenvalue weighted by Crippen LogP contribution is -2.39. The van der Waals surface area contributed by atoms with E-state index in [0.29, 0.717) is 49.0 Å². The number of benzene rings is 3. The Labute approximate surface area is 245 Å². The van der Waals surface area contributed by atoms with Crippen molar-refractivity contribution >= 4 is 23.4 Å². The molecule has 10 heteroatoms. The molecule has 1 atom stereocenters. The summed E-state index contributed by atoms with van der Waals surface area (Å²) in [6.07, 6.45) is 1.75. The smallest absolute Gasteiger partial charge is 0.338 e. The molecule has 1 aliphatic rings. The molecular formula is C32H29FN2O6S. The van der Waals surface area contributed by atoms with E-state index in [9.17, 15) is 14.0 Å². The summed E-state index contributed by atoms with van der Waals surface area (Å²) in [7, 11) is 3.09. The zero-order valence-electron chi connectivity index (χ0n) is 23.5. The Bertz CT molecular complexity index is 1840. The van der Waals surface area contributed by atoms with Gasteiger partial charge in [0.1, 0.15) is 18.2 Å². The number of hydrogen-bond donors (Lipinski definition) is 0. The minimum atomic E-state index is -0.741. The molecule has 1 aromatic heterocycles. The quantitative estimate of drug-likeness (QED) is 0.267. The minimum Gasteiger partial charge on any atom is -0.497 e. The maximum absolute atomic E-state index is 13.9. The highest BCUT2D eigenvalue weighted by Gasteiger charge is 2.33. The molecule has 0 radical (unpaired) electrons. The molecular weight excluding hydrogens is 559 g/mol. The number of carbonyl (C=O) groups excluding carboxylic acids is 1. The van der Waals surface area contributed by atoms with E-state index < -0.39 is 12.0 Å². The zero-order chi connectivity index (χ0) is 29.8. The SMILES string of the molecule is CCOC(=O)C1=C(C)N=c2s/c(=C\c3ccc(OCc4ccc(F)cc4)c(OC)c3)c(=O)n2[C@@H]1c1cccc(OC)c1. The van der Waals surface area contributed by atoms with Gasteiger partial charge in [-0.05, 0) is 73.0 Å². The molecule has 0 unspecified atom stereocenters. The molecule has 2 heterocycles. The molecule has 216 valence electrons. The van der Waals surface area contributed by atoms with Crippen LogP contribution >= 0.6 is 11.3 Å². The van der Waals surface area contributed by atoms with Gasteiger partial charge in [0.15, 0.2) is 16.3 Å². The van der Waals surface area contributed by atoms with Gasteiger partial charge in [0.25, 0.3) is 5.56 Å². The van der Waals surface area contributed by atoms with Crippen molar-refractivity contribution in [2.75, 3.05) is 20.8 Å². The van der Waals surface area contributed by atoms with Crippen molar-refractivity contribution in [3.8, 4) is 17.2 Å². The van der Waals surface area contributed by atoms with Crippen LogP contribution in [0.25, 0.3) is 6.08 Å². The maximum Gasteiger partial charge on any atom is 0.338 e. The summed E-state index contributed by atoms with van der Waals surface area (Å²) in [6.45, 7) is 3.90. The van der Waals surface area contributed by atoms with Crippen molar-refractivity contribution in [3.63, 3.8) is 0 Å². The first-order chi connectivity index (χ1) is 20.3. The third-order valence-electron chi connectivity index (χ3n) is 6.72. The Morgan fingerprint density at radius 3 is 2.55 bits per heavy atom. The van der Waals surface area contributed by atoms with E-state index in [0.717, 1.165) is 5.56 Å². The summed E-state index contributed by atoms with van der Waals surface area (Å²) in [5, 5.41) is 0.